The minimum absolute atomic E-state index is 0.0136. The number of nitrogens with one attached hydrogen (secondary N) is 1. The van der Waals surface area contributed by atoms with E-state index >= 15 is 0 Å². The predicted molar refractivity (Wildman–Crippen MR) is 100 cm³/mol. The van der Waals surface area contributed by atoms with Gasteiger partial charge in [0.15, 0.2) is 0 Å². The minimum atomic E-state index is -3.46. The Balaban J connectivity index is 1.61. The largest absolute Gasteiger partial charge is 0.361 e. The van der Waals surface area contributed by atoms with E-state index in [1.165, 1.54) is 8.61 Å². The number of aromatic nitrogens is 1. The SMILES string of the molecule is CN(C)S(=O)(=O)N1C[C@@H]2CC[C@H](C1)N(C(=O)c1ccc3cc[nH]c3c1)C2. The van der Waals surface area contributed by atoms with Crippen molar-refractivity contribution in [1.29, 1.82) is 0 Å². The molecule has 1 amide bonds. The third-order valence-electron chi connectivity index (χ3n) is 5.53. The van der Waals surface area contributed by atoms with Gasteiger partial charge in [0.25, 0.3) is 16.1 Å². The van der Waals surface area contributed by atoms with Gasteiger partial charge in [-0.05, 0) is 42.3 Å². The zero-order valence-corrected chi connectivity index (χ0v) is 15.9. The van der Waals surface area contributed by atoms with E-state index in [0.717, 1.165) is 23.7 Å². The van der Waals surface area contributed by atoms with Crippen LogP contribution in [-0.4, -0.2) is 72.6 Å². The van der Waals surface area contributed by atoms with Gasteiger partial charge in [-0.25, -0.2) is 0 Å². The van der Waals surface area contributed by atoms with Crippen molar-refractivity contribution in [3.8, 4) is 0 Å². The second-order valence-electron chi connectivity index (χ2n) is 7.44. The average Bonchev–Trinajstić information content (AvgIpc) is 2.88. The van der Waals surface area contributed by atoms with Crippen LogP contribution in [0.3, 0.4) is 0 Å². The molecule has 0 radical (unpaired) electrons. The van der Waals surface area contributed by atoms with Crippen LogP contribution in [0.5, 0.6) is 0 Å². The van der Waals surface area contributed by atoms with Crippen molar-refractivity contribution in [2.75, 3.05) is 33.7 Å². The lowest BCUT2D eigenvalue weighted by Gasteiger charge is -2.36. The van der Waals surface area contributed by atoms with Crippen LogP contribution in [0.1, 0.15) is 23.2 Å². The van der Waals surface area contributed by atoms with Gasteiger partial charge in [0.05, 0.1) is 0 Å². The normalized spacial score (nSPS) is 24.3. The van der Waals surface area contributed by atoms with Gasteiger partial charge in [0.2, 0.25) is 0 Å². The van der Waals surface area contributed by atoms with Crippen molar-refractivity contribution >= 4 is 27.0 Å². The summed E-state index contributed by atoms with van der Waals surface area (Å²) in [5, 5.41) is 1.07. The van der Waals surface area contributed by atoms with Gasteiger partial charge in [0.1, 0.15) is 0 Å². The molecule has 3 saturated heterocycles. The molecule has 26 heavy (non-hydrogen) atoms. The fraction of sp³-hybridized carbons (Fsp3) is 0.500. The summed E-state index contributed by atoms with van der Waals surface area (Å²) in [7, 11) is -0.356. The van der Waals surface area contributed by atoms with E-state index in [9.17, 15) is 13.2 Å². The van der Waals surface area contributed by atoms with Gasteiger partial charge >= 0.3 is 0 Å². The molecule has 1 aromatic carbocycles. The molecule has 3 fully saturated rings. The number of hydrogen-bond donors (Lipinski definition) is 1. The summed E-state index contributed by atoms with van der Waals surface area (Å²) < 4.78 is 27.9. The van der Waals surface area contributed by atoms with Gasteiger partial charge in [0, 0.05) is 57.0 Å². The number of carbonyl (C=O) groups excluding carboxylic acids is 1. The molecule has 0 unspecified atom stereocenters. The molecule has 0 aliphatic carbocycles. The highest BCUT2D eigenvalue weighted by atomic mass is 32.2. The lowest BCUT2D eigenvalue weighted by atomic mass is 9.94. The number of H-pyrrole nitrogens is 1. The second kappa shape index (κ2) is 6.37. The van der Waals surface area contributed by atoms with Crippen molar-refractivity contribution in [2.24, 2.45) is 5.92 Å². The number of benzene rings is 1. The Labute approximate surface area is 153 Å². The third kappa shape index (κ3) is 2.91. The van der Waals surface area contributed by atoms with Crippen LogP contribution in [-0.2, 0) is 10.2 Å². The number of piperidine rings is 1. The molecular weight excluding hydrogens is 352 g/mol. The summed E-state index contributed by atoms with van der Waals surface area (Å²) >= 11 is 0. The summed E-state index contributed by atoms with van der Waals surface area (Å²) in [6, 6.07) is 7.57. The Morgan fingerprint density at radius 1 is 1.15 bits per heavy atom. The van der Waals surface area contributed by atoms with Crippen molar-refractivity contribution in [2.45, 2.75) is 18.9 Å². The minimum Gasteiger partial charge on any atom is -0.361 e. The van der Waals surface area contributed by atoms with Crippen LogP contribution >= 0.6 is 0 Å². The van der Waals surface area contributed by atoms with Gasteiger partial charge in [-0.15, -0.1) is 0 Å². The fourth-order valence-electron chi connectivity index (χ4n) is 4.05. The Bertz CT molecular complexity index is 937. The first kappa shape index (κ1) is 17.5. The Hall–Kier alpha value is -1.90. The second-order valence-corrected chi connectivity index (χ2v) is 9.58. The molecule has 3 aliphatic rings. The summed E-state index contributed by atoms with van der Waals surface area (Å²) in [6.07, 6.45) is 3.67. The Kier molecular flexibility index (Phi) is 4.29. The number of nitrogens with zero attached hydrogens (tertiary/aromatic N) is 3. The molecule has 1 aromatic heterocycles. The summed E-state index contributed by atoms with van der Waals surface area (Å²) in [6.45, 7) is 1.47. The maximum atomic E-state index is 13.1. The quantitative estimate of drug-likeness (QED) is 0.882. The number of hydrogen-bond acceptors (Lipinski definition) is 3. The van der Waals surface area contributed by atoms with E-state index in [0.29, 0.717) is 25.2 Å². The average molecular weight is 376 g/mol. The number of fused-ring (bicyclic) bond motifs is 5. The zero-order chi connectivity index (χ0) is 18.5. The number of rotatable bonds is 3. The van der Waals surface area contributed by atoms with Crippen LogP contribution in [0.4, 0.5) is 0 Å². The van der Waals surface area contributed by atoms with Crippen LogP contribution in [0.15, 0.2) is 30.5 Å². The molecule has 3 aliphatic heterocycles. The van der Waals surface area contributed by atoms with E-state index in [-0.39, 0.29) is 17.9 Å². The lowest BCUT2D eigenvalue weighted by Crippen LogP contribution is -2.48. The maximum Gasteiger partial charge on any atom is 0.281 e. The van der Waals surface area contributed by atoms with E-state index in [4.69, 9.17) is 0 Å². The molecule has 1 N–H and O–H groups in total. The van der Waals surface area contributed by atoms with Gasteiger partial charge in [-0.3, -0.25) is 4.79 Å². The monoisotopic (exact) mass is 376 g/mol. The molecule has 0 saturated carbocycles. The number of carbonyl (C=O) groups is 1. The summed E-state index contributed by atoms with van der Waals surface area (Å²) in [4.78, 5) is 18.1. The van der Waals surface area contributed by atoms with Crippen LogP contribution in [0, 0.1) is 5.92 Å². The standard InChI is InChI=1S/C18H24N4O3S/c1-20(2)26(24,25)21-10-13-3-6-16(12-21)22(11-13)18(23)15-5-4-14-7-8-19-17(14)9-15/h4-5,7-9,13,16,19H,3,6,10-12H2,1-2H3/t13-,16+/m0/s1. The molecule has 5 rings (SSSR count). The first-order chi connectivity index (χ1) is 12.4. The molecule has 2 aromatic rings. The Morgan fingerprint density at radius 3 is 2.73 bits per heavy atom. The van der Waals surface area contributed by atoms with Gasteiger partial charge in [-0.2, -0.15) is 17.0 Å². The highest BCUT2D eigenvalue weighted by Crippen LogP contribution is 2.31. The van der Waals surface area contributed by atoms with Gasteiger partial charge < -0.3 is 9.88 Å². The molecule has 8 heteroatoms. The van der Waals surface area contributed by atoms with Crippen LogP contribution < -0.4 is 0 Å². The lowest BCUT2D eigenvalue weighted by molar-refractivity contribution is 0.0588. The molecule has 4 heterocycles. The Morgan fingerprint density at radius 2 is 1.96 bits per heavy atom. The summed E-state index contributed by atoms with van der Waals surface area (Å²) in [5.41, 5.74) is 1.59. The predicted octanol–water partition coefficient (Wildman–Crippen LogP) is 1.51. The first-order valence-corrected chi connectivity index (χ1v) is 10.3. The molecule has 7 nitrogen and oxygen atoms in total. The first-order valence-electron chi connectivity index (χ1n) is 8.92. The highest BCUT2D eigenvalue weighted by Gasteiger charge is 2.41. The molecular formula is C18H24N4O3S. The smallest absolute Gasteiger partial charge is 0.281 e. The highest BCUT2D eigenvalue weighted by molar-refractivity contribution is 7.86. The fourth-order valence-corrected chi connectivity index (χ4v) is 5.28. The molecule has 2 atom stereocenters. The van der Waals surface area contributed by atoms with E-state index in [1.807, 2.05) is 35.4 Å². The number of amides is 1. The summed E-state index contributed by atoms with van der Waals surface area (Å²) in [5.74, 6) is 0.168. The van der Waals surface area contributed by atoms with Crippen molar-refractivity contribution in [3.05, 3.63) is 36.0 Å². The molecule has 140 valence electrons. The molecule has 2 bridgehead atoms. The van der Waals surface area contributed by atoms with Crippen LogP contribution in [0.2, 0.25) is 0 Å². The topological polar surface area (TPSA) is 76.7 Å². The van der Waals surface area contributed by atoms with Crippen molar-refractivity contribution < 1.29 is 13.2 Å². The molecule has 0 spiro atoms. The van der Waals surface area contributed by atoms with E-state index in [2.05, 4.69) is 4.98 Å². The van der Waals surface area contributed by atoms with E-state index < -0.39 is 10.2 Å². The van der Waals surface area contributed by atoms with Crippen molar-refractivity contribution in [3.63, 3.8) is 0 Å². The van der Waals surface area contributed by atoms with Crippen molar-refractivity contribution in [1.82, 2.24) is 18.5 Å². The third-order valence-corrected chi connectivity index (χ3v) is 7.40. The number of aromatic amines is 1. The zero-order valence-electron chi connectivity index (χ0n) is 15.1. The van der Waals surface area contributed by atoms with Gasteiger partial charge in [-0.1, -0.05) is 6.07 Å². The van der Waals surface area contributed by atoms with E-state index in [1.54, 1.807) is 14.1 Å². The maximum absolute atomic E-state index is 13.1. The van der Waals surface area contributed by atoms with Crippen LogP contribution in [0.25, 0.3) is 10.9 Å².